The molecule has 0 radical (unpaired) electrons. The molecule has 0 saturated carbocycles. The largest absolute Gasteiger partial charge is 0.450 e. The number of fused-ring (bicyclic) bond motifs is 1. The average molecular weight is 490 g/mol. The van der Waals surface area contributed by atoms with Crippen molar-refractivity contribution in [2.24, 2.45) is 0 Å². The predicted octanol–water partition coefficient (Wildman–Crippen LogP) is 3.63. The number of morpholine rings is 1. The van der Waals surface area contributed by atoms with Crippen LogP contribution in [-0.2, 0) is 22.6 Å². The van der Waals surface area contributed by atoms with E-state index in [2.05, 4.69) is 37.3 Å². The van der Waals surface area contributed by atoms with Crippen molar-refractivity contribution in [1.82, 2.24) is 24.8 Å². The van der Waals surface area contributed by atoms with Crippen molar-refractivity contribution in [1.29, 1.82) is 0 Å². The molecule has 3 N–H and O–H groups in total. The number of anilines is 2. The lowest BCUT2D eigenvalue weighted by atomic mass is 10.2. The molecule has 2 aromatic heterocycles. The number of nitrogens with one attached hydrogen (secondary N) is 1. The normalized spacial score (nSPS) is 13.3. The van der Waals surface area contributed by atoms with Crippen molar-refractivity contribution in [3.63, 3.8) is 0 Å². The maximum Gasteiger partial charge on any atom is 0.407 e. The number of halogens is 1. The minimum Gasteiger partial charge on any atom is -0.450 e. The third-order valence-corrected chi connectivity index (χ3v) is 5.38. The van der Waals surface area contributed by atoms with E-state index in [-0.39, 0.29) is 11.1 Å². The zero-order valence-electron chi connectivity index (χ0n) is 19.7. The number of carbonyl (C=O) groups is 1. The number of ether oxygens (including phenoxy) is 2. The lowest BCUT2D eigenvalue weighted by Gasteiger charge is -2.29. The first kappa shape index (κ1) is 25.5. The SMILES string of the molecule is CC.Nc1nc(Cl)nc2c1ncn2CCCCOC(=O)NCc1cccc(N2CCOCC2)c1. The van der Waals surface area contributed by atoms with Crippen LogP contribution >= 0.6 is 11.6 Å². The highest BCUT2D eigenvalue weighted by molar-refractivity contribution is 6.28. The molecule has 4 rings (SSSR count). The van der Waals surface area contributed by atoms with Crippen LogP contribution in [0.2, 0.25) is 5.28 Å². The molecule has 0 unspecified atom stereocenters. The number of rotatable bonds is 8. The molecule has 10 nitrogen and oxygen atoms in total. The summed E-state index contributed by atoms with van der Waals surface area (Å²) in [6.45, 7) is 8.62. The standard InChI is InChI=1S/C21H26ClN7O3.C2H6/c22-20-26-18(23)17-19(27-20)29(14-25-17)6-1-2-9-32-21(30)24-13-15-4-3-5-16(12-15)28-7-10-31-11-8-28;1-2/h3-5,12,14H,1-2,6-11,13H2,(H,24,30)(H2,23,26,27);1-2H3. The van der Waals surface area contributed by atoms with E-state index in [0.29, 0.717) is 37.3 Å². The van der Waals surface area contributed by atoms with Gasteiger partial charge in [0.05, 0.1) is 26.1 Å². The molecule has 0 spiro atoms. The molecule has 1 aliphatic rings. The number of aromatic nitrogens is 4. The number of aryl methyl sites for hydroxylation is 1. The summed E-state index contributed by atoms with van der Waals surface area (Å²) in [6.07, 6.45) is 2.71. The number of benzene rings is 1. The van der Waals surface area contributed by atoms with Gasteiger partial charge in [-0.2, -0.15) is 9.97 Å². The Morgan fingerprint density at radius 1 is 1.24 bits per heavy atom. The smallest absolute Gasteiger partial charge is 0.407 e. The van der Waals surface area contributed by atoms with Crippen LogP contribution in [0.25, 0.3) is 11.2 Å². The van der Waals surface area contributed by atoms with Gasteiger partial charge >= 0.3 is 6.09 Å². The summed E-state index contributed by atoms with van der Waals surface area (Å²) in [4.78, 5) is 26.6. The topological polar surface area (TPSA) is 120 Å². The van der Waals surface area contributed by atoms with Crippen molar-refractivity contribution in [3.05, 3.63) is 41.4 Å². The van der Waals surface area contributed by atoms with Crippen LogP contribution in [0, 0.1) is 0 Å². The number of alkyl carbamates (subject to hydrolysis) is 1. The van der Waals surface area contributed by atoms with E-state index in [9.17, 15) is 4.79 Å². The van der Waals surface area contributed by atoms with Crippen molar-refractivity contribution in [2.45, 2.75) is 39.8 Å². The van der Waals surface area contributed by atoms with E-state index >= 15 is 0 Å². The Hall–Kier alpha value is -3.11. The highest BCUT2D eigenvalue weighted by Crippen LogP contribution is 2.19. The van der Waals surface area contributed by atoms with Crippen LogP contribution in [0.5, 0.6) is 0 Å². The molecule has 3 aromatic rings. The van der Waals surface area contributed by atoms with E-state index in [1.54, 1.807) is 6.33 Å². The summed E-state index contributed by atoms with van der Waals surface area (Å²) < 4.78 is 12.5. The van der Waals surface area contributed by atoms with E-state index in [0.717, 1.165) is 44.0 Å². The summed E-state index contributed by atoms with van der Waals surface area (Å²) >= 11 is 5.88. The van der Waals surface area contributed by atoms with Crippen LogP contribution in [0.4, 0.5) is 16.3 Å². The van der Waals surface area contributed by atoms with Crippen molar-refractivity contribution < 1.29 is 14.3 Å². The number of nitrogen functional groups attached to an aromatic ring is 1. The number of hydrogen-bond donors (Lipinski definition) is 2. The molecular formula is C23H32ClN7O3. The van der Waals surface area contributed by atoms with Gasteiger partial charge in [0, 0.05) is 31.9 Å². The first-order valence-corrected chi connectivity index (χ1v) is 11.9. The van der Waals surface area contributed by atoms with Gasteiger partial charge < -0.3 is 30.0 Å². The first-order chi connectivity index (χ1) is 16.6. The molecule has 1 fully saturated rings. The molecule has 0 atom stereocenters. The number of nitrogens with two attached hydrogens (primary N) is 1. The zero-order valence-corrected chi connectivity index (χ0v) is 20.4. The maximum absolute atomic E-state index is 12.0. The lowest BCUT2D eigenvalue weighted by molar-refractivity contribution is 0.122. The van der Waals surface area contributed by atoms with Gasteiger partial charge in [-0.05, 0) is 42.1 Å². The highest BCUT2D eigenvalue weighted by atomic mass is 35.5. The Bertz CT molecular complexity index is 1070. The Kier molecular flexibility index (Phi) is 9.72. The summed E-state index contributed by atoms with van der Waals surface area (Å²) in [5.41, 5.74) is 9.11. The molecule has 0 aliphatic carbocycles. The maximum atomic E-state index is 12.0. The Balaban J connectivity index is 0.00000158. The minimum atomic E-state index is -0.429. The van der Waals surface area contributed by atoms with Crippen LogP contribution in [0.1, 0.15) is 32.3 Å². The Labute approximate surface area is 204 Å². The number of imidazole rings is 1. The molecule has 1 aromatic carbocycles. The molecule has 34 heavy (non-hydrogen) atoms. The van der Waals surface area contributed by atoms with Gasteiger partial charge in [0.2, 0.25) is 5.28 Å². The average Bonchev–Trinajstić information content (AvgIpc) is 3.27. The number of nitrogens with zero attached hydrogens (tertiary/aromatic N) is 5. The monoisotopic (exact) mass is 489 g/mol. The summed E-state index contributed by atoms with van der Waals surface area (Å²) in [5.74, 6) is 0.259. The van der Waals surface area contributed by atoms with Gasteiger partial charge in [0.1, 0.15) is 5.52 Å². The second-order valence-electron chi connectivity index (χ2n) is 7.45. The predicted molar refractivity (Wildman–Crippen MR) is 133 cm³/mol. The van der Waals surface area contributed by atoms with Gasteiger partial charge in [-0.1, -0.05) is 26.0 Å². The first-order valence-electron chi connectivity index (χ1n) is 11.6. The van der Waals surface area contributed by atoms with Crippen LogP contribution < -0.4 is 16.0 Å². The highest BCUT2D eigenvalue weighted by Gasteiger charge is 2.12. The van der Waals surface area contributed by atoms with Crippen LogP contribution in [-0.4, -0.2) is 58.5 Å². The third kappa shape index (κ3) is 6.94. The fraction of sp³-hybridized carbons (Fsp3) is 0.478. The lowest BCUT2D eigenvalue weighted by Crippen LogP contribution is -2.36. The summed E-state index contributed by atoms with van der Waals surface area (Å²) in [6, 6.07) is 8.15. The number of hydrogen-bond acceptors (Lipinski definition) is 8. The van der Waals surface area contributed by atoms with Gasteiger partial charge in [-0.15, -0.1) is 0 Å². The van der Waals surface area contributed by atoms with Crippen LogP contribution in [0.15, 0.2) is 30.6 Å². The Morgan fingerprint density at radius 2 is 2.03 bits per heavy atom. The number of amides is 1. The van der Waals surface area contributed by atoms with Crippen molar-refractivity contribution in [3.8, 4) is 0 Å². The molecule has 1 saturated heterocycles. The zero-order chi connectivity index (χ0) is 24.3. The number of carbonyl (C=O) groups excluding carboxylic acids is 1. The summed E-state index contributed by atoms with van der Waals surface area (Å²) in [5, 5.41) is 2.90. The van der Waals surface area contributed by atoms with Gasteiger partial charge in [-0.25, -0.2) is 9.78 Å². The van der Waals surface area contributed by atoms with Crippen molar-refractivity contribution >= 4 is 40.4 Å². The number of unbranched alkanes of at least 4 members (excludes halogenated alkanes) is 1. The van der Waals surface area contributed by atoms with Crippen LogP contribution in [0.3, 0.4) is 0 Å². The van der Waals surface area contributed by atoms with E-state index < -0.39 is 6.09 Å². The fourth-order valence-electron chi connectivity index (χ4n) is 3.56. The van der Waals surface area contributed by atoms with Gasteiger partial charge in [-0.3, -0.25) is 0 Å². The molecule has 184 valence electrons. The molecule has 3 heterocycles. The fourth-order valence-corrected chi connectivity index (χ4v) is 3.73. The van der Waals surface area contributed by atoms with Gasteiger partial charge in [0.25, 0.3) is 0 Å². The molecule has 0 bridgehead atoms. The molecule has 1 amide bonds. The Morgan fingerprint density at radius 3 is 2.82 bits per heavy atom. The molecular weight excluding hydrogens is 458 g/mol. The second kappa shape index (κ2) is 13.0. The van der Waals surface area contributed by atoms with E-state index in [1.807, 2.05) is 30.5 Å². The second-order valence-corrected chi connectivity index (χ2v) is 7.79. The summed E-state index contributed by atoms with van der Waals surface area (Å²) in [7, 11) is 0. The van der Waals surface area contributed by atoms with E-state index in [1.165, 1.54) is 0 Å². The van der Waals surface area contributed by atoms with Gasteiger partial charge in [0.15, 0.2) is 11.5 Å². The molecule has 1 aliphatic heterocycles. The quantitative estimate of drug-likeness (QED) is 0.363. The minimum absolute atomic E-state index is 0.0900. The molecule has 11 heteroatoms. The van der Waals surface area contributed by atoms with Crippen molar-refractivity contribution in [2.75, 3.05) is 43.5 Å². The van der Waals surface area contributed by atoms with E-state index in [4.69, 9.17) is 26.8 Å². The third-order valence-electron chi connectivity index (χ3n) is 5.21.